The molecule has 9 heteroatoms. The Balaban J connectivity index is 1.75. The number of nitrogens with zero attached hydrogens (tertiary/aromatic N) is 2. The zero-order valence-corrected chi connectivity index (χ0v) is 18.8. The molecular formula is C23H32N2O7. The number of methoxy groups -OCH3 is 2. The monoisotopic (exact) mass is 448 g/mol. The van der Waals surface area contributed by atoms with Crippen LogP contribution in [0.25, 0.3) is 0 Å². The van der Waals surface area contributed by atoms with E-state index >= 15 is 0 Å². The van der Waals surface area contributed by atoms with E-state index in [0.29, 0.717) is 0 Å². The van der Waals surface area contributed by atoms with Crippen LogP contribution in [0.2, 0.25) is 0 Å². The number of benzene rings is 1. The van der Waals surface area contributed by atoms with Gasteiger partial charge >= 0.3 is 5.97 Å². The number of hydrogen-bond donors (Lipinski definition) is 0. The normalized spacial score (nSPS) is 17.4. The molecule has 0 N–H and O–H groups in total. The summed E-state index contributed by atoms with van der Waals surface area (Å²) in [5, 5.41) is 11.5. The van der Waals surface area contributed by atoms with Crippen molar-refractivity contribution in [1.82, 2.24) is 4.90 Å². The zero-order chi connectivity index (χ0) is 23.1. The van der Waals surface area contributed by atoms with Crippen molar-refractivity contribution in [1.29, 1.82) is 0 Å². The van der Waals surface area contributed by atoms with Gasteiger partial charge in [-0.05, 0) is 25.7 Å². The third kappa shape index (κ3) is 5.49. The Morgan fingerprint density at radius 3 is 1.91 bits per heavy atom. The van der Waals surface area contributed by atoms with Crippen LogP contribution in [0, 0.1) is 10.1 Å². The number of amides is 1. The number of ether oxygens (including phenoxy) is 3. The Morgan fingerprint density at radius 1 is 0.938 bits per heavy atom. The average Bonchev–Trinajstić information content (AvgIpc) is 2.83. The van der Waals surface area contributed by atoms with E-state index in [0.717, 1.165) is 57.4 Å². The molecule has 1 aromatic carbocycles. The van der Waals surface area contributed by atoms with E-state index in [9.17, 15) is 19.7 Å². The van der Waals surface area contributed by atoms with Gasteiger partial charge in [-0.25, -0.2) is 4.79 Å². The van der Waals surface area contributed by atoms with Crippen molar-refractivity contribution in [2.75, 3.05) is 20.8 Å². The maximum absolute atomic E-state index is 13.2. The van der Waals surface area contributed by atoms with E-state index in [-0.39, 0.29) is 35.1 Å². The molecule has 0 radical (unpaired) electrons. The second-order valence-corrected chi connectivity index (χ2v) is 8.44. The number of nitro benzene ring substituents is 1. The lowest BCUT2D eigenvalue weighted by Gasteiger charge is -2.41. The molecule has 2 fully saturated rings. The van der Waals surface area contributed by atoms with Crippen LogP contribution in [-0.4, -0.2) is 54.6 Å². The largest absolute Gasteiger partial charge is 0.493 e. The van der Waals surface area contributed by atoms with Crippen molar-refractivity contribution in [3.63, 3.8) is 0 Å². The maximum Gasteiger partial charge on any atom is 0.345 e. The third-order valence-corrected chi connectivity index (χ3v) is 6.47. The molecule has 1 amide bonds. The number of hydrogen-bond acceptors (Lipinski definition) is 7. The van der Waals surface area contributed by atoms with Gasteiger partial charge in [0, 0.05) is 18.2 Å². The van der Waals surface area contributed by atoms with Crippen LogP contribution in [0.1, 0.15) is 74.6 Å². The van der Waals surface area contributed by atoms with Gasteiger partial charge in [-0.15, -0.1) is 0 Å². The van der Waals surface area contributed by atoms with Crippen LogP contribution in [0.15, 0.2) is 12.1 Å². The lowest BCUT2D eigenvalue weighted by Crippen LogP contribution is -2.50. The Morgan fingerprint density at radius 2 is 1.44 bits per heavy atom. The van der Waals surface area contributed by atoms with E-state index in [1.165, 1.54) is 33.1 Å². The quantitative estimate of drug-likeness (QED) is 0.332. The van der Waals surface area contributed by atoms with Gasteiger partial charge in [0.15, 0.2) is 18.1 Å². The maximum atomic E-state index is 13.2. The first kappa shape index (κ1) is 23.8. The highest BCUT2D eigenvalue weighted by molar-refractivity contribution is 5.96. The van der Waals surface area contributed by atoms with Gasteiger partial charge < -0.3 is 19.1 Å². The number of nitro groups is 1. The van der Waals surface area contributed by atoms with E-state index in [1.807, 2.05) is 4.90 Å². The van der Waals surface area contributed by atoms with E-state index in [1.54, 1.807) is 0 Å². The molecule has 1 aromatic rings. The van der Waals surface area contributed by atoms with Gasteiger partial charge in [-0.3, -0.25) is 14.9 Å². The Hall–Kier alpha value is -2.84. The molecule has 0 saturated heterocycles. The Labute approximate surface area is 188 Å². The number of esters is 1. The molecule has 32 heavy (non-hydrogen) atoms. The standard InChI is InChI=1S/C23H32N2O7/c1-30-20-13-18(19(25(28)29)14-21(20)31-2)23(27)32-15-22(26)24(16-9-5-3-6-10-16)17-11-7-4-8-12-17/h13-14,16-17H,3-12,15H2,1-2H3. The van der Waals surface area contributed by atoms with Gasteiger partial charge in [0.25, 0.3) is 11.6 Å². The summed E-state index contributed by atoms with van der Waals surface area (Å²) < 4.78 is 15.5. The minimum absolute atomic E-state index is 0.132. The lowest BCUT2D eigenvalue weighted by atomic mass is 9.88. The SMILES string of the molecule is COc1cc(C(=O)OCC(=O)N(C2CCCCC2)C2CCCCC2)c([N+](=O)[O-])cc1OC. The molecular weight excluding hydrogens is 416 g/mol. The van der Waals surface area contributed by atoms with Gasteiger partial charge in [0.2, 0.25) is 0 Å². The van der Waals surface area contributed by atoms with Crippen LogP contribution in [0.4, 0.5) is 5.69 Å². The van der Waals surface area contributed by atoms with E-state index in [2.05, 4.69) is 0 Å². The van der Waals surface area contributed by atoms with Gasteiger partial charge in [-0.1, -0.05) is 38.5 Å². The van der Waals surface area contributed by atoms with Gasteiger partial charge in [-0.2, -0.15) is 0 Å². The second kappa shape index (κ2) is 11.2. The third-order valence-electron chi connectivity index (χ3n) is 6.47. The molecule has 0 heterocycles. The fourth-order valence-electron chi connectivity index (χ4n) is 4.89. The van der Waals surface area contributed by atoms with Gasteiger partial charge in [0.1, 0.15) is 5.56 Å². The molecule has 0 aromatic heterocycles. The first-order chi connectivity index (χ1) is 15.5. The fourth-order valence-corrected chi connectivity index (χ4v) is 4.89. The van der Waals surface area contributed by atoms with Crippen LogP contribution in [0.5, 0.6) is 11.5 Å². The van der Waals surface area contributed by atoms with Crippen LogP contribution >= 0.6 is 0 Å². The summed E-state index contributed by atoms with van der Waals surface area (Å²) in [6.07, 6.45) is 10.6. The van der Waals surface area contributed by atoms with Crippen molar-refractivity contribution in [3.05, 3.63) is 27.8 Å². The molecule has 176 valence electrons. The molecule has 0 aliphatic heterocycles. The van der Waals surface area contributed by atoms with Crippen molar-refractivity contribution in [2.45, 2.75) is 76.3 Å². The van der Waals surface area contributed by atoms with Crippen LogP contribution in [-0.2, 0) is 9.53 Å². The molecule has 2 aliphatic carbocycles. The first-order valence-corrected chi connectivity index (χ1v) is 11.3. The average molecular weight is 449 g/mol. The fraction of sp³-hybridized carbons (Fsp3) is 0.652. The molecule has 0 spiro atoms. The highest BCUT2D eigenvalue weighted by Gasteiger charge is 2.33. The lowest BCUT2D eigenvalue weighted by molar-refractivity contribution is -0.385. The predicted octanol–water partition coefficient (Wildman–Crippen LogP) is 4.26. The van der Waals surface area contributed by atoms with Crippen molar-refractivity contribution >= 4 is 17.6 Å². The minimum atomic E-state index is -0.932. The summed E-state index contributed by atoms with van der Waals surface area (Å²) in [5.74, 6) is -0.853. The predicted molar refractivity (Wildman–Crippen MR) is 117 cm³/mol. The first-order valence-electron chi connectivity index (χ1n) is 11.3. The number of carbonyl (C=O) groups is 2. The summed E-state index contributed by atoms with van der Waals surface area (Å²) in [6, 6.07) is 2.68. The summed E-state index contributed by atoms with van der Waals surface area (Å²) in [6.45, 7) is -0.433. The van der Waals surface area contributed by atoms with Crippen LogP contribution < -0.4 is 9.47 Å². The zero-order valence-electron chi connectivity index (χ0n) is 18.8. The summed E-state index contributed by atoms with van der Waals surface area (Å²) in [7, 11) is 2.72. The number of rotatable bonds is 8. The van der Waals surface area contributed by atoms with Crippen molar-refractivity contribution in [2.24, 2.45) is 0 Å². The topological polar surface area (TPSA) is 108 Å². The highest BCUT2D eigenvalue weighted by atomic mass is 16.6. The highest BCUT2D eigenvalue weighted by Crippen LogP contribution is 2.35. The minimum Gasteiger partial charge on any atom is -0.493 e. The number of carbonyl (C=O) groups excluding carboxylic acids is 2. The van der Waals surface area contributed by atoms with Gasteiger partial charge in [0.05, 0.1) is 25.2 Å². The Kier molecular flexibility index (Phi) is 8.30. The molecule has 0 atom stereocenters. The summed E-state index contributed by atoms with van der Waals surface area (Å²) in [4.78, 5) is 38.7. The molecule has 0 unspecified atom stereocenters. The molecule has 0 bridgehead atoms. The molecule has 2 aliphatic rings. The van der Waals surface area contributed by atoms with Crippen molar-refractivity contribution in [3.8, 4) is 11.5 Å². The van der Waals surface area contributed by atoms with Crippen molar-refractivity contribution < 1.29 is 28.7 Å². The molecule has 9 nitrogen and oxygen atoms in total. The molecule has 3 rings (SSSR count). The van der Waals surface area contributed by atoms with Crippen LogP contribution in [0.3, 0.4) is 0 Å². The summed E-state index contributed by atoms with van der Waals surface area (Å²) >= 11 is 0. The Bertz CT molecular complexity index is 812. The smallest absolute Gasteiger partial charge is 0.345 e. The summed E-state index contributed by atoms with van der Waals surface area (Å²) in [5.41, 5.74) is -0.737. The van der Waals surface area contributed by atoms with E-state index in [4.69, 9.17) is 14.2 Å². The van der Waals surface area contributed by atoms with E-state index < -0.39 is 23.2 Å². The molecule has 2 saturated carbocycles. The second-order valence-electron chi connectivity index (χ2n) is 8.44.